The van der Waals surface area contributed by atoms with Gasteiger partial charge in [-0.1, -0.05) is 198 Å². The van der Waals surface area contributed by atoms with E-state index in [9.17, 15) is 31.2 Å². The summed E-state index contributed by atoms with van der Waals surface area (Å²) in [7, 11) is -4.76. The third-order valence-electron chi connectivity index (χ3n) is 13.8. The van der Waals surface area contributed by atoms with E-state index in [1.165, 1.54) is 101 Å². The number of ether oxygens (including phenoxy) is 2. The Labute approximate surface area is 485 Å². The standard InChI is InChI=1S/C48H97N5O6S.C13H12N2O4S/c1-6-9-12-15-18-27-34-44-58-46(54)38-30-23-19-25-32-41-53(43-35-40-50-48(52(4)5)51-60(49,56)57)42-33-26-20-24-31-39-47(55)59-45(36-28-21-16-13-10-7-2)37-29-22-17-14-11-8-3;16-13(17)14-20(18,19)15(11-7-3-1-4-8-11)12-9-5-2-6-10-12/h45H,6-44H2,1-5H3,(H,50,51)(H2,49,56,57);1-10,14H,(H,16,17). The minimum atomic E-state index is -4.24. The highest BCUT2D eigenvalue weighted by Crippen LogP contribution is 2.28. The summed E-state index contributed by atoms with van der Waals surface area (Å²) >= 11 is 0. The van der Waals surface area contributed by atoms with E-state index in [2.05, 4.69) is 35.4 Å². The van der Waals surface area contributed by atoms with Crippen LogP contribution in [0, 0.1) is 0 Å². The first-order chi connectivity index (χ1) is 38.5. The quantitative estimate of drug-likeness (QED) is 0.0209. The molecule has 0 radical (unpaired) electrons. The van der Waals surface area contributed by atoms with Crippen molar-refractivity contribution in [2.24, 2.45) is 9.54 Å². The predicted octanol–water partition coefficient (Wildman–Crippen LogP) is 14.1. The van der Waals surface area contributed by atoms with Crippen LogP contribution in [-0.2, 0) is 39.5 Å². The lowest BCUT2D eigenvalue weighted by atomic mass is 10.0. The molecule has 0 bridgehead atoms. The van der Waals surface area contributed by atoms with Gasteiger partial charge < -0.3 is 29.7 Å². The van der Waals surface area contributed by atoms with Gasteiger partial charge in [-0.3, -0.25) is 9.59 Å². The molecule has 0 aliphatic heterocycles. The molecular formula is C61H109N7O10S2. The van der Waals surface area contributed by atoms with Crippen molar-refractivity contribution in [3.8, 4) is 0 Å². The van der Waals surface area contributed by atoms with E-state index in [0.29, 0.717) is 37.4 Å². The number of guanidine groups is 1. The number of hydrogen-bond acceptors (Lipinski definition) is 10. The molecule has 5 N–H and O–H groups in total. The Morgan fingerprint density at radius 1 is 0.550 bits per heavy atom. The second kappa shape index (κ2) is 48.1. The number of para-hydroxylation sites is 2. The average molecular weight is 1160 g/mol. The molecule has 0 heterocycles. The molecule has 2 rings (SSSR count). The van der Waals surface area contributed by atoms with Gasteiger partial charge >= 0.3 is 38.5 Å². The molecule has 0 fully saturated rings. The van der Waals surface area contributed by atoms with E-state index in [1.807, 2.05) is 0 Å². The lowest BCUT2D eigenvalue weighted by Gasteiger charge is -2.23. The molecule has 2 aromatic rings. The lowest BCUT2D eigenvalue weighted by molar-refractivity contribution is -0.150. The van der Waals surface area contributed by atoms with Gasteiger partial charge in [0.05, 0.1) is 18.0 Å². The summed E-state index contributed by atoms with van der Waals surface area (Å²) in [5.74, 6) is 0.168. The van der Waals surface area contributed by atoms with Crippen LogP contribution in [0.4, 0.5) is 16.2 Å². The second-order valence-electron chi connectivity index (χ2n) is 21.4. The van der Waals surface area contributed by atoms with Crippen molar-refractivity contribution in [2.75, 3.05) is 51.2 Å². The van der Waals surface area contributed by atoms with E-state index in [-0.39, 0.29) is 24.0 Å². The SMILES string of the molecule is CCCCCCCCCOC(=O)CCCCCCCN(CCCCCCCC(=O)OC(CCCCCCCC)CCCCCCCC)CCCN/C(=N/S(N)(=O)=O)N(C)C.O=C(O)NS(=O)(=O)N(c1ccccc1)c1ccccc1. The van der Waals surface area contributed by atoms with Crippen LogP contribution >= 0.6 is 0 Å². The van der Waals surface area contributed by atoms with Gasteiger partial charge in [-0.2, -0.15) is 16.8 Å². The number of unbranched alkanes of at least 4 members (excludes halogenated alkanes) is 24. The first kappa shape index (κ1) is 73.6. The Morgan fingerprint density at radius 2 is 0.950 bits per heavy atom. The Bertz CT molecular complexity index is 2050. The number of carbonyl (C=O) groups excluding carboxylic acids is 2. The summed E-state index contributed by atoms with van der Waals surface area (Å²) in [5.41, 5.74) is 0.680. The van der Waals surface area contributed by atoms with Crippen molar-refractivity contribution >= 4 is 55.8 Å². The van der Waals surface area contributed by atoms with Crippen molar-refractivity contribution < 1.29 is 45.8 Å². The number of nitrogens with two attached hydrogens (primary N) is 1. The van der Waals surface area contributed by atoms with Gasteiger partial charge in [-0.25, -0.2) is 19.0 Å². The molecule has 0 aliphatic rings. The summed E-state index contributed by atoms with van der Waals surface area (Å²) < 4.78 is 65.0. The van der Waals surface area contributed by atoms with Crippen LogP contribution in [0.25, 0.3) is 0 Å². The maximum atomic E-state index is 12.9. The summed E-state index contributed by atoms with van der Waals surface area (Å²) in [6.45, 7) is 10.8. The molecular weight excluding hydrogens is 1050 g/mol. The highest BCUT2D eigenvalue weighted by atomic mass is 32.2. The number of nitrogens with one attached hydrogen (secondary N) is 2. The van der Waals surface area contributed by atoms with Crippen molar-refractivity contribution in [3.63, 3.8) is 0 Å². The van der Waals surface area contributed by atoms with Crippen molar-refractivity contribution in [2.45, 2.75) is 245 Å². The fourth-order valence-corrected chi connectivity index (χ4v) is 10.9. The normalized spacial score (nSPS) is 11.8. The van der Waals surface area contributed by atoms with Gasteiger partial charge in [0.2, 0.25) is 5.96 Å². The molecule has 460 valence electrons. The average Bonchev–Trinajstić information content (AvgIpc) is 3.49. The maximum absolute atomic E-state index is 12.9. The number of nitrogens with zero attached hydrogens (tertiary/aromatic N) is 4. The van der Waals surface area contributed by atoms with Crippen molar-refractivity contribution in [1.82, 2.24) is 19.8 Å². The number of rotatable bonds is 48. The Kier molecular flexibility index (Phi) is 44.2. The largest absolute Gasteiger partial charge is 0.466 e. The van der Waals surface area contributed by atoms with Crippen LogP contribution in [0.3, 0.4) is 0 Å². The van der Waals surface area contributed by atoms with Crippen molar-refractivity contribution in [3.05, 3.63) is 60.7 Å². The third kappa shape index (κ3) is 41.5. The zero-order valence-corrected chi connectivity index (χ0v) is 51.9. The summed E-state index contributed by atoms with van der Waals surface area (Å²) in [4.78, 5) is 39.8. The molecule has 80 heavy (non-hydrogen) atoms. The van der Waals surface area contributed by atoms with Gasteiger partial charge in [0.15, 0.2) is 0 Å². The van der Waals surface area contributed by atoms with Gasteiger partial charge in [0.1, 0.15) is 6.10 Å². The van der Waals surface area contributed by atoms with E-state index in [4.69, 9.17) is 19.7 Å². The minimum absolute atomic E-state index is 0.0120. The topological polar surface area (TPSA) is 230 Å². The fraction of sp³-hybridized carbons (Fsp3) is 0.738. The molecule has 0 aliphatic carbocycles. The highest BCUT2D eigenvalue weighted by molar-refractivity contribution is 7.91. The van der Waals surface area contributed by atoms with Crippen LogP contribution in [-0.4, -0.2) is 109 Å². The van der Waals surface area contributed by atoms with Crippen LogP contribution < -0.4 is 19.5 Å². The Hall–Kier alpha value is -4.46. The third-order valence-corrected chi connectivity index (χ3v) is 15.6. The van der Waals surface area contributed by atoms with Crippen LogP contribution in [0.15, 0.2) is 65.1 Å². The number of hydrogen-bond donors (Lipinski definition) is 4. The highest BCUT2D eigenvalue weighted by Gasteiger charge is 2.26. The predicted molar refractivity (Wildman–Crippen MR) is 329 cm³/mol. The first-order valence-electron chi connectivity index (χ1n) is 30.8. The van der Waals surface area contributed by atoms with Crippen LogP contribution in [0.2, 0.25) is 0 Å². The first-order valence-corrected chi connectivity index (χ1v) is 33.7. The molecule has 0 saturated carbocycles. The smallest absolute Gasteiger partial charge is 0.419 e. The summed E-state index contributed by atoms with van der Waals surface area (Å²) in [5, 5.41) is 16.9. The molecule has 1 amide bonds. The number of benzene rings is 2. The van der Waals surface area contributed by atoms with Crippen LogP contribution in [0.1, 0.15) is 239 Å². The monoisotopic (exact) mass is 1160 g/mol. The molecule has 17 nitrogen and oxygen atoms in total. The zero-order valence-electron chi connectivity index (χ0n) is 50.2. The van der Waals surface area contributed by atoms with E-state index < -0.39 is 26.5 Å². The van der Waals surface area contributed by atoms with E-state index in [0.717, 1.165) is 133 Å². The maximum Gasteiger partial charge on any atom is 0.419 e. The lowest BCUT2D eigenvalue weighted by Crippen LogP contribution is -2.40. The van der Waals surface area contributed by atoms with E-state index in [1.54, 1.807) is 79.7 Å². The van der Waals surface area contributed by atoms with Crippen LogP contribution in [0.5, 0.6) is 0 Å². The second-order valence-corrected chi connectivity index (χ2v) is 24.1. The van der Waals surface area contributed by atoms with E-state index >= 15 is 0 Å². The van der Waals surface area contributed by atoms with Gasteiger partial charge in [0.25, 0.3) is 0 Å². The number of amides is 1. The molecule has 0 aromatic heterocycles. The summed E-state index contributed by atoms with van der Waals surface area (Å²) in [6.07, 6.45) is 36.6. The summed E-state index contributed by atoms with van der Waals surface area (Å²) in [6, 6.07) is 16.5. The Balaban J connectivity index is 0.00000132. The molecule has 0 atom stereocenters. The number of carboxylic acid groups (broad SMARTS) is 1. The number of carbonyl (C=O) groups is 3. The molecule has 2 aromatic carbocycles. The number of esters is 2. The zero-order chi connectivity index (χ0) is 59.0. The fourth-order valence-electron chi connectivity index (χ4n) is 9.34. The molecule has 0 spiro atoms. The van der Waals surface area contributed by atoms with Gasteiger partial charge in [-0.15, -0.1) is 4.40 Å². The minimum Gasteiger partial charge on any atom is -0.466 e. The molecule has 0 saturated heterocycles. The Morgan fingerprint density at radius 3 is 1.39 bits per heavy atom. The van der Waals surface area contributed by atoms with Crippen molar-refractivity contribution in [1.29, 1.82) is 0 Å². The molecule has 19 heteroatoms. The van der Waals surface area contributed by atoms with Gasteiger partial charge in [-0.05, 0) is 108 Å². The van der Waals surface area contributed by atoms with Gasteiger partial charge in [0, 0.05) is 33.5 Å². The number of anilines is 2. The molecule has 0 unspecified atom stereocenters.